The number of guanidine groups is 1. The van der Waals surface area contributed by atoms with Gasteiger partial charge < -0.3 is 14.5 Å². The highest BCUT2D eigenvalue weighted by Crippen LogP contribution is 2.24. The molecule has 26 heavy (non-hydrogen) atoms. The van der Waals surface area contributed by atoms with Crippen molar-refractivity contribution in [3.05, 3.63) is 51.2 Å². The number of ether oxygens (including phenoxy) is 1. The number of nitro groups is 1. The highest BCUT2D eigenvalue weighted by molar-refractivity contribution is 5.83. The highest BCUT2D eigenvalue weighted by Gasteiger charge is 2.33. The summed E-state index contributed by atoms with van der Waals surface area (Å²) in [6, 6.07) is 6.16. The third-order valence-corrected chi connectivity index (χ3v) is 5.26. The molecule has 0 aromatic heterocycles. The van der Waals surface area contributed by atoms with Gasteiger partial charge in [-0.1, -0.05) is 25.1 Å². The van der Waals surface area contributed by atoms with Crippen LogP contribution in [0.25, 0.3) is 6.08 Å². The first kappa shape index (κ1) is 18.4. The van der Waals surface area contributed by atoms with Crippen LogP contribution in [0.3, 0.4) is 0 Å². The second-order valence-electron chi connectivity index (χ2n) is 7.17. The predicted molar refractivity (Wildman–Crippen MR) is 101 cm³/mol. The van der Waals surface area contributed by atoms with Gasteiger partial charge in [0.15, 0.2) is 5.03 Å². The number of hydrogen-bond acceptors (Lipinski definition) is 3. The molecule has 2 unspecified atom stereocenters. The van der Waals surface area contributed by atoms with Crippen molar-refractivity contribution in [1.29, 1.82) is 0 Å². The average molecular weight is 358 g/mol. The largest absolute Gasteiger partial charge is 0.381 e. The van der Waals surface area contributed by atoms with Crippen molar-refractivity contribution in [3.8, 4) is 0 Å². The SMILES string of the molecule is Cc1cccc(C)c1C=CN1CCN(CC2COCC2C)C1=N[N+](=O)[O-]. The normalized spacial score (nSPS) is 25.0. The van der Waals surface area contributed by atoms with Crippen molar-refractivity contribution >= 4 is 12.0 Å². The molecule has 0 saturated carbocycles. The van der Waals surface area contributed by atoms with E-state index in [1.54, 1.807) is 0 Å². The van der Waals surface area contributed by atoms with Crippen molar-refractivity contribution in [2.45, 2.75) is 20.8 Å². The van der Waals surface area contributed by atoms with Gasteiger partial charge in [0.2, 0.25) is 0 Å². The van der Waals surface area contributed by atoms with Gasteiger partial charge in [-0.3, -0.25) is 0 Å². The molecule has 0 aliphatic carbocycles. The Bertz CT molecular complexity index is 711. The molecule has 3 rings (SSSR count). The Labute approximate surface area is 154 Å². The Hall–Kier alpha value is -2.41. The zero-order valence-electron chi connectivity index (χ0n) is 15.6. The molecule has 0 amide bonds. The van der Waals surface area contributed by atoms with Crippen LogP contribution in [0, 0.1) is 35.8 Å². The lowest BCUT2D eigenvalue weighted by molar-refractivity contribution is -0.486. The molecule has 0 bridgehead atoms. The molecule has 7 heteroatoms. The molecule has 2 atom stereocenters. The van der Waals surface area contributed by atoms with Gasteiger partial charge in [-0.2, -0.15) is 0 Å². The summed E-state index contributed by atoms with van der Waals surface area (Å²) >= 11 is 0. The maximum atomic E-state index is 11.0. The van der Waals surface area contributed by atoms with E-state index in [4.69, 9.17) is 4.74 Å². The summed E-state index contributed by atoms with van der Waals surface area (Å²) in [7, 11) is 0. The van der Waals surface area contributed by atoms with Gasteiger partial charge in [-0.25, -0.2) is 10.1 Å². The maximum Gasteiger partial charge on any atom is 0.278 e. The number of rotatable bonds is 5. The molecular formula is C19H26N4O3. The Balaban J connectivity index is 1.78. The minimum atomic E-state index is -0.609. The van der Waals surface area contributed by atoms with Gasteiger partial charge in [0, 0.05) is 38.4 Å². The quantitative estimate of drug-likeness (QED) is 0.598. The lowest BCUT2D eigenvalue weighted by Crippen LogP contribution is -2.37. The lowest BCUT2D eigenvalue weighted by atomic mass is 9.98. The van der Waals surface area contributed by atoms with E-state index in [1.807, 2.05) is 28.1 Å². The third-order valence-electron chi connectivity index (χ3n) is 5.26. The number of aryl methyl sites for hydroxylation is 2. The van der Waals surface area contributed by atoms with Crippen molar-refractivity contribution in [2.24, 2.45) is 16.9 Å². The molecule has 2 fully saturated rings. The number of hydrazone groups is 1. The van der Waals surface area contributed by atoms with E-state index in [0.717, 1.165) is 25.3 Å². The number of nitrogens with zero attached hydrogens (tertiary/aromatic N) is 4. The van der Waals surface area contributed by atoms with Crippen LogP contribution in [-0.2, 0) is 4.74 Å². The molecular weight excluding hydrogens is 332 g/mol. The topological polar surface area (TPSA) is 71.2 Å². The van der Waals surface area contributed by atoms with Crippen LogP contribution in [0.5, 0.6) is 0 Å². The molecule has 0 N–H and O–H groups in total. The van der Waals surface area contributed by atoms with Crippen LogP contribution in [0.1, 0.15) is 23.6 Å². The Morgan fingerprint density at radius 2 is 2.04 bits per heavy atom. The second-order valence-corrected chi connectivity index (χ2v) is 7.17. The van der Waals surface area contributed by atoms with Crippen LogP contribution in [0.15, 0.2) is 29.5 Å². The summed E-state index contributed by atoms with van der Waals surface area (Å²) in [5, 5.41) is 14.1. The summed E-state index contributed by atoms with van der Waals surface area (Å²) in [6.07, 6.45) is 3.93. The molecule has 140 valence electrons. The Morgan fingerprint density at radius 3 is 2.65 bits per heavy atom. The fraction of sp³-hybridized carbons (Fsp3) is 0.526. The van der Waals surface area contributed by atoms with Crippen LogP contribution in [-0.4, -0.2) is 53.6 Å². The fourth-order valence-corrected chi connectivity index (χ4v) is 3.59. The molecule has 0 spiro atoms. The molecule has 2 aliphatic heterocycles. The van der Waals surface area contributed by atoms with Gasteiger partial charge in [0.05, 0.1) is 6.61 Å². The van der Waals surface area contributed by atoms with Crippen LogP contribution in [0.2, 0.25) is 0 Å². The first-order valence-corrected chi connectivity index (χ1v) is 9.02. The smallest absolute Gasteiger partial charge is 0.278 e. The van der Waals surface area contributed by atoms with Crippen molar-refractivity contribution in [1.82, 2.24) is 9.80 Å². The monoisotopic (exact) mass is 358 g/mol. The standard InChI is InChI=1S/C19H26N4O3/c1-14-5-4-6-15(2)18(14)7-8-21-9-10-22(19(21)20-23(24)25)11-17-13-26-12-16(17)3/h4-8,16-17H,9-13H2,1-3H3. The van der Waals surface area contributed by atoms with Crippen LogP contribution in [0.4, 0.5) is 0 Å². The zero-order chi connectivity index (χ0) is 18.7. The van der Waals surface area contributed by atoms with Gasteiger partial charge >= 0.3 is 0 Å². The minimum Gasteiger partial charge on any atom is -0.381 e. The summed E-state index contributed by atoms with van der Waals surface area (Å²) < 4.78 is 5.53. The molecule has 0 radical (unpaired) electrons. The first-order chi connectivity index (χ1) is 12.5. The van der Waals surface area contributed by atoms with Gasteiger partial charge in [0.1, 0.15) is 5.10 Å². The van der Waals surface area contributed by atoms with E-state index >= 15 is 0 Å². The van der Waals surface area contributed by atoms with Gasteiger partial charge in [-0.15, -0.1) is 0 Å². The average Bonchev–Trinajstić information content (AvgIpc) is 3.14. The molecule has 2 heterocycles. The molecule has 1 aromatic carbocycles. The van der Waals surface area contributed by atoms with Crippen molar-refractivity contribution < 1.29 is 9.77 Å². The van der Waals surface area contributed by atoms with Crippen LogP contribution < -0.4 is 0 Å². The van der Waals surface area contributed by atoms with Crippen molar-refractivity contribution in [2.75, 3.05) is 32.8 Å². The molecule has 7 nitrogen and oxygen atoms in total. The van der Waals surface area contributed by atoms with E-state index in [9.17, 15) is 10.1 Å². The molecule has 1 aromatic rings. The van der Waals surface area contributed by atoms with Gasteiger partial charge in [0.25, 0.3) is 5.96 Å². The van der Waals surface area contributed by atoms with Gasteiger partial charge in [-0.05, 0) is 42.5 Å². The Morgan fingerprint density at radius 1 is 1.31 bits per heavy atom. The number of hydrogen-bond donors (Lipinski definition) is 0. The third kappa shape index (κ3) is 4.04. The molecule has 2 aliphatic rings. The first-order valence-electron chi connectivity index (χ1n) is 9.02. The maximum absolute atomic E-state index is 11.0. The van der Waals surface area contributed by atoms with Crippen molar-refractivity contribution in [3.63, 3.8) is 0 Å². The Kier molecular flexibility index (Phi) is 5.56. The van der Waals surface area contributed by atoms with Crippen LogP contribution >= 0.6 is 0 Å². The predicted octanol–water partition coefficient (Wildman–Crippen LogP) is 2.72. The molecule has 2 saturated heterocycles. The van der Waals surface area contributed by atoms with E-state index in [-0.39, 0.29) is 0 Å². The van der Waals surface area contributed by atoms with E-state index in [0.29, 0.717) is 30.9 Å². The van der Waals surface area contributed by atoms with E-state index in [2.05, 4.69) is 38.0 Å². The summed E-state index contributed by atoms with van der Waals surface area (Å²) in [5.41, 5.74) is 3.51. The summed E-state index contributed by atoms with van der Waals surface area (Å²) in [4.78, 5) is 14.9. The fourth-order valence-electron chi connectivity index (χ4n) is 3.59. The summed E-state index contributed by atoms with van der Waals surface area (Å²) in [5.74, 6) is 1.26. The minimum absolute atomic E-state index is 0.384. The summed E-state index contributed by atoms with van der Waals surface area (Å²) in [6.45, 7) is 9.92. The highest BCUT2D eigenvalue weighted by atomic mass is 16.7. The second kappa shape index (κ2) is 7.86. The van der Waals surface area contributed by atoms with E-state index < -0.39 is 5.03 Å². The zero-order valence-corrected chi connectivity index (χ0v) is 15.6. The van der Waals surface area contributed by atoms with E-state index in [1.165, 1.54) is 11.1 Å². The lowest BCUT2D eigenvalue weighted by Gasteiger charge is -2.23. The number of benzene rings is 1.